The van der Waals surface area contributed by atoms with Crippen LogP contribution in [0.5, 0.6) is 0 Å². The molecule has 3 aromatic heterocycles. The number of carbonyl (C=O) groups is 2. The van der Waals surface area contributed by atoms with E-state index in [4.69, 9.17) is 5.73 Å². The number of nitrogen functional groups attached to an aromatic ring is 1. The van der Waals surface area contributed by atoms with Crippen molar-refractivity contribution >= 4 is 34.2 Å². The van der Waals surface area contributed by atoms with Crippen molar-refractivity contribution in [2.75, 3.05) is 11.1 Å². The zero-order chi connectivity index (χ0) is 31.2. The Morgan fingerprint density at radius 2 is 1.84 bits per heavy atom. The Morgan fingerprint density at radius 3 is 2.57 bits per heavy atom. The molecule has 0 spiro atoms. The summed E-state index contributed by atoms with van der Waals surface area (Å²) in [5, 5.41) is 13.8. The number of halogens is 1. The Hall–Kier alpha value is -5.16. The molecule has 0 atom stereocenters. The molecule has 0 saturated carbocycles. The minimum atomic E-state index is -0.992. The average Bonchev–Trinajstić information content (AvgIpc) is 3.33. The van der Waals surface area contributed by atoms with Crippen LogP contribution in [0, 0.1) is 5.82 Å². The second-order valence-electron chi connectivity index (χ2n) is 11.7. The van der Waals surface area contributed by atoms with Gasteiger partial charge in [0.05, 0.1) is 24.1 Å². The van der Waals surface area contributed by atoms with Crippen LogP contribution in [0.3, 0.4) is 0 Å². The van der Waals surface area contributed by atoms with Crippen LogP contribution in [-0.4, -0.2) is 41.5 Å². The van der Waals surface area contributed by atoms with Crippen molar-refractivity contribution in [3.8, 4) is 11.1 Å². The van der Waals surface area contributed by atoms with Gasteiger partial charge >= 0.3 is 0 Å². The summed E-state index contributed by atoms with van der Waals surface area (Å²) in [6.45, 7) is 3.73. The zero-order valence-corrected chi connectivity index (χ0v) is 24.3. The van der Waals surface area contributed by atoms with Crippen LogP contribution in [0.1, 0.15) is 58.7 Å². The van der Waals surface area contributed by atoms with Crippen LogP contribution in [0.2, 0.25) is 0 Å². The third kappa shape index (κ3) is 5.61. The van der Waals surface area contributed by atoms with Crippen molar-refractivity contribution in [2.45, 2.75) is 51.8 Å². The standard InChI is InChI=1S/C33H31FN6O4/c1-33(2,44)17-39-16-25(28-29(35)36-18-37-30(28)39)20-9-11-22(12-10-20)38-31(42)24-14-23-26(7-4-8-27(23)41)40(32(24)43)15-19-5-3-6-21(34)13-19/h3,5-6,9-14,16,18,44H,4,7-8,15,17H2,1-2H3,(H,38,42)(H2,35,36,37). The van der Waals surface area contributed by atoms with Gasteiger partial charge in [-0.3, -0.25) is 14.4 Å². The topological polar surface area (TPSA) is 145 Å². The summed E-state index contributed by atoms with van der Waals surface area (Å²) in [5.41, 5.74) is 8.51. The number of amides is 1. The highest BCUT2D eigenvalue weighted by Gasteiger charge is 2.26. The number of anilines is 2. The van der Waals surface area contributed by atoms with E-state index in [0.29, 0.717) is 58.6 Å². The molecule has 3 heterocycles. The van der Waals surface area contributed by atoms with E-state index >= 15 is 0 Å². The lowest BCUT2D eigenvalue weighted by molar-refractivity contribution is 0.0627. The molecule has 224 valence electrons. The number of nitrogens with two attached hydrogens (primary N) is 1. The van der Waals surface area contributed by atoms with Crippen molar-refractivity contribution in [3.63, 3.8) is 0 Å². The Kier molecular flexibility index (Phi) is 7.34. The molecule has 0 saturated heterocycles. The summed E-state index contributed by atoms with van der Waals surface area (Å²) in [4.78, 5) is 48.4. The third-order valence-corrected chi connectivity index (χ3v) is 7.69. The van der Waals surface area contributed by atoms with Gasteiger partial charge in [-0.05, 0) is 68.1 Å². The maximum Gasteiger partial charge on any atom is 0.263 e. The van der Waals surface area contributed by atoms with E-state index in [1.54, 1.807) is 50.2 Å². The number of nitrogens with one attached hydrogen (secondary N) is 1. The summed E-state index contributed by atoms with van der Waals surface area (Å²) in [7, 11) is 0. The van der Waals surface area contributed by atoms with Crippen LogP contribution >= 0.6 is 0 Å². The number of fused-ring (bicyclic) bond motifs is 2. The smallest absolute Gasteiger partial charge is 0.263 e. The maximum absolute atomic E-state index is 13.9. The van der Waals surface area contributed by atoms with Crippen molar-refractivity contribution < 1.29 is 19.1 Å². The minimum Gasteiger partial charge on any atom is -0.389 e. The van der Waals surface area contributed by atoms with E-state index in [1.807, 2.05) is 10.8 Å². The average molecular weight is 595 g/mol. The number of Topliss-reactive ketones (excluding diaryl/α,β-unsaturated/α-hetero) is 1. The van der Waals surface area contributed by atoms with Crippen LogP contribution in [-0.2, 0) is 19.5 Å². The fourth-order valence-electron chi connectivity index (χ4n) is 5.75. The molecule has 0 radical (unpaired) electrons. The number of nitrogens with zero attached hydrogens (tertiary/aromatic N) is 4. The fraction of sp³-hybridized carbons (Fsp3) is 0.242. The number of benzene rings is 2. The lowest BCUT2D eigenvalue weighted by Gasteiger charge is -2.21. The number of hydrogen-bond acceptors (Lipinski definition) is 7. The van der Waals surface area contributed by atoms with Crippen LogP contribution < -0.4 is 16.6 Å². The number of rotatable bonds is 7. The second-order valence-corrected chi connectivity index (χ2v) is 11.7. The van der Waals surface area contributed by atoms with E-state index in [1.165, 1.54) is 29.1 Å². The van der Waals surface area contributed by atoms with Crippen molar-refractivity contribution in [1.82, 2.24) is 19.1 Å². The largest absolute Gasteiger partial charge is 0.389 e. The highest BCUT2D eigenvalue weighted by Crippen LogP contribution is 2.34. The lowest BCUT2D eigenvalue weighted by Crippen LogP contribution is -2.34. The number of hydrogen-bond donors (Lipinski definition) is 3. The molecule has 6 rings (SSSR count). The Morgan fingerprint density at radius 1 is 1.07 bits per heavy atom. The van der Waals surface area contributed by atoms with E-state index in [0.717, 1.165) is 11.1 Å². The van der Waals surface area contributed by atoms with E-state index in [9.17, 15) is 23.9 Å². The molecule has 0 aliphatic heterocycles. The fourth-order valence-corrected chi connectivity index (χ4v) is 5.75. The normalized spacial score (nSPS) is 13.2. The lowest BCUT2D eigenvalue weighted by atomic mass is 9.92. The van der Waals surface area contributed by atoms with Gasteiger partial charge in [0.2, 0.25) is 0 Å². The maximum atomic E-state index is 13.9. The summed E-state index contributed by atoms with van der Waals surface area (Å²) in [5.74, 6) is -0.927. The summed E-state index contributed by atoms with van der Waals surface area (Å²) >= 11 is 0. The van der Waals surface area contributed by atoms with Crippen LogP contribution in [0.25, 0.3) is 22.2 Å². The number of carbonyl (C=O) groups excluding carboxylic acids is 2. The van der Waals surface area contributed by atoms with Gasteiger partial charge in [0.1, 0.15) is 29.2 Å². The predicted molar refractivity (Wildman–Crippen MR) is 165 cm³/mol. The number of pyridine rings is 1. The molecule has 2 aromatic carbocycles. The quantitative estimate of drug-likeness (QED) is 0.250. The predicted octanol–water partition coefficient (Wildman–Crippen LogP) is 4.57. The van der Waals surface area contributed by atoms with Gasteiger partial charge in [-0.1, -0.05) is 24.3 Å². The number of aliphatic hydroxyl groups is 1. The summed E-state index contributed by atoms with van der Waals surface area (Å²) < 4.78 is 17.1. The molecule has 4 N–H and O–H groups in total. The molecule has 5 aromatic rings. The van der Waals surface area contributed by atoms with E-state index in [-0.39, 0.29) is 24.4 Å². The molecule has 11 heteroatoms. The number of ketones is 1. The van der Waals surface area contributed by atoms with Gasteiger partial charge in [0.25, 0.3) is 11.5 Å². The Bertz CT molecular complexity index is 1990. The monoisotopic (exact) mass is 594 g/mol. The molecule has 1 amide bonds. The third-order valence-electron chi connectivity index (χ3n) is 7.69. The van der Waals surface area contributed by atoms with Crippen molar-refractivity contribution in [2.24, 2.45) is 0 Å². The summed E-state index contributed by atoms with van der Waals surface area (Å²) in [6.07, 6.45) is 4.67. The minimum absolute atomic E-state index is 0.0376. The van der Waals surface area contributed by atoms with E-state index in [2.05, 4.69) is 15.3 Å². The first-order valence-corrected chi connectivity index (χ1v) is 14.3. The molecular weight excluding hydrogens is 563 g/mol. The van der Waals surface area contributed by atoms with Gasteiger partial charge in [-0.15, -0.1) is 0 Å². The molecule has 1 aliphatic rings. The van der Waals surface area contributed by atoms with Gasteiger partial charge in [0.15, 0.2) is 5.78 Å². The molecule has 0 fully saturated rings. The molecule has 44 heavy (non-hydrogen) atoms. The van der Waals surface area contributed by atoms with Gasteiger partial charge in [0, 0.05) is 35.1 Å². The first kappa shape index (κ1) is 28.9. The summed E-state index contributed by atoms with van der Waals surface area (Å²) in [6, 6.07) is 14.3. The second kappa shape index (κ2) is 11.2. The van der Waals surface area contributed by atoms with Crippen molar-refractivity contribution in [3.05, 3.63) is 106 Å². The van der Waals surface area contributed by atoms with Gasteiger partial charge in [-0.25, -0.2) is 14.4 Å². The number of aromatic nitrogens is 4. The Balaban J connectivity index is 1.32. The first-order chi connectivity index (χ1) is 21.0. The molecule has 1 aliphatic carbocycles. The highest BCUT2D eigenvalue weighted by molar-refractivity contribution is 6.07. The molecule has 0 bridgehead atoms. The van der Waals surface area contributed by atoms with Gasteiger partial charge < -0.3 is 25.3 Å². The SMILES string of the molecule is CC(C)(O)Cn1cc(-c2ccc(NC(=O)c3cc4c(n(Cc5cccc(F)c5)c3=O)CCCC4=O)cc2)c2c(N)ncnc21. The van der Waals surface area contributed by atoms with Crippen LogP contribution in [0.4, 0.5) is 15.9 Å². The Labute approximate surface area is 252 Å². The van der Waals surface area contributed by atoms with Crippen molar-refractivity contribution in [1.29, 1.82) is 0 Å². The van der Waals surface area contributed by atoms with Gasteiger partial charge in [-0.2, -0.15) is 0 Å². The first-order valence-electron chi connectivity index (χ1n) is 14.3. The molecule has 10 nitrogen and oxygen atoms in total. The molecule has 0 unspecified atom stereocenters. The van der Waals surface area contributed by atoms with Crippen LogP contribution in [0.15, 0.2) is 71.9 Å². The zero-order valence-electron chi connectivity index (χ0n) is 24.3. The highest BCUT2D eigenvalue weighted by atomic mass is 19.1. The van der Waals surface area contributed by atoms with E-state index < -0.39 is 22.9 Å². The molecular formula is C33H31FN6O4.